The van der Waals surface area contributed by atoms with E-state index in [1.807, 2.05) is 0 Å². The van der Waals surface area contributed by atoms with E-state index < -0.39 is 8.07 Å². The molecule has 6 aromatic rings. The molecule has 0 atom stereocenters. The Hall–Kier alpha value is -3.53. The van der Waals surface area contributed by atoms with Crippen molar-refractivity contribution in [3.63, 3.8) is 0 Å². The topological polar surface area (TPSA) is 12.9 Å². The summed E-state index contributed by atoms with van der Waals surface area (Å²) in [6.45, 7) is 7.18. The SMILES string of the molecule is C[Si](C)(C)c1ccc(-c2cccc(-c3ccc(-c4nc5ccccc5s4)c4ccccc34)c2)cc1. The largest absolute Gasteiger partial charge is 0.236 e. The van der Waals surface area contributed by atoms with Crippen LogP contribution in [0.15, 0.2) is 109 Å². The summed E-state index contributed by atoms with van der Waals surface area (Å²) in [7, 11) is -1.30. The Balaban J connectivity index is 1.45. The van der Waals surface area contributed by atoms with Gasteiger partial charge in [-0.2, -0.15) is 0 Å². The average Bonchev–Trinajstić information content (AvgIpc) is 3.32. The van der Waals surface area contributed by atoms with E-state index in [1.165, 1.54) is 48.5 Å². The van der Waals surface area contributed by atoms with Crippen LogP contribution in [0, 0.1) is 0 Å². The van der Waals surface area contributed by atoms with Gasteiger partial charge in [0.25, 0.3) is 0 Å². The fourth-order valence-electron chi connectivity index (χ4n) is 4.75. The van der Waals surface area contributed by atoms with Gasteiger partial charge in [-0.05, 0) is 51.2 Å². The molecule has 1 nitrogen and oxygen atoms in total. The van der Waals surface area contributed by atoms with Crippen LogP contribution in [-0.2, 0) is 0 Å². The normalized spacial score (nSPS) is 11.9. The van der Waals surface area contributed by atoms with Crippen LogP contribution in [0.25, 0.3) is 53.8 Å². The first kappa shape index (κ1) is 22.0. The van der Waals surface area contributed by atoms with E-state index in [1.54, 1.807) is 11.3 Å². The molecule has 6 rings (SSSR count). The molecule has 35 heavy (non-hydrogen) atoms. The molecule has 0 aliphatic heterocycles. The second-order valence-electron chi connectivity index (χ2n) is 10.1. The van der Waals surface area contributed by atoms with Crippen LogP contribution in [0.4, 0.5) is 0 Å². The molecule has 3 heteroatoms. The lowest BCUT2D eigenvalue weighted by Gasteiger charge is -2.17. The molecule has 0 radical (unpaired) electrons. The molecule has 0 spiro atoms. The first-order valence-electron chi connectivity index (χ1n) is 12.1. The summed E-state index contributed by atoms with van der Waals surface area (Å²) in [5.74, 6) is 0. The molecule has 0 aliphatic carbocycles. The average molecular weight is 486 g/mol. The van der Waals surface area contributed by atoms with Crippen LogP contribution in [0.2, 0.25) is 19.6 Å². The molecule has 0 fully saturated rings. The predicted octanol–water partition coefficient (Wildman–Crippen LogP) is 9.00. The molecule has 0 amide bonds. The molecular weight excluding hydrogens is 459 g/mol. The minimum atomic E-state index is -1.30. The van der Waals surface area contributed by atoms with Gasteiger partial charge in [0.15, 0.2) is 0 Å². The number of benzene rings is 5. The summed E-state index contributed by atoms with van der Waals surface area (Å²) in [6.07, 6.45) is 0. The summed E-state index contributed by atoms with van der Waals surface area (Å²) >= 11 is 1.76. The number of rotatable bonds is 4. The van der Waals surface area contributed by atoms with Gasteiger partial charge in [0.2, 0.25) is 0 Å². The lowest BCUT2D eigenvalue weighted by Crippen LogP contribution is -2.37. The van der Waals surface area contributed by atoms with Crippen molar-refractivity contribution in [2.24, 2.45) is 0 Å². The lowest BCUT2D eigenvalue weighted by molar-refractivity contribution is 1.49. The Morgan fingerprint density at radius 1 is 0.571 bits per heavy atom. The minimum Gasteiger partial charge on any atom is -0.236 e. The molecule has 0 saturated heterocycles. The highest BCUT2D eigenvalue weighted by molar-refractivity contribution is 7.21. The summed E-state index contributed by atoms with van der Waals surface area (Å²) in [6, 6.07) is 39.7. The number of hydrogen-bond donors (Lipinski definition) is 0. The quantitative estimate of drug-likeness (QED) is 0.227. The van der Waals surface area contributed by atoms with Crippen LogP contribution in [0.3, 0.4) is 0 Å². The van der Waals surface area contributed by atoms with Gasteiger partial charge in [0, 0.05) is 5.56 Å². The van der Waals surface area contributed by atoms with Crippen molar-refractivity contribution in [3.05, 3.63) is 109 Å². The van der Waals surface area contributed by atoms with Gasteiger partial charge in [-0.15, -0.1) is 11.3 Å². The van der Waals surface area contributed by atoms with E-state index in [0.717, 1.165) is 10.5 Å². The van der Waals surface area contributed by atoms with Crippen LogP contribution in [-0.4, -0.2) is 13.1 Å². The zero-order valence-corrected chi connectivity index (χ0v) is 22.1. The highest BCUT2D eigenvalue weighted by Crippen LogP contribution is 2.39. The highest BCUT2D eigenvalue weighted by atomic mass is 32.1. The molecule has 0 unspecified atom stereocenters. The van der Waals surface area contributed by atoms with E-state index in [-0.39, 0.29) is 0 Å². The number of nitrogens with zero attached hydrogens (tertiary/aromatic N) is 1. The van der Waals surface area contributed by atoms with Crippen LogP contribution >= 0.6 is 11.3 Å². The Morgan fingerprint density at radius 2 is 1.23 bits per heavy atom. The second kappa shape index (κ2) is 8.60. The molecule has 1 aromatic heterocycles. The third-order valence-electron chi connectivity index (χ3n) is 6.71. The van der Waals surface area contributed by atoms with Crippen molar-refractivity contribution in [3.8, 4) is 32.8 Å². The third kappa shape index (κ3) is 4.11. The summed E-state index contributed by atoms with van der Waals surface area (Å²) in [4.78, 5) is 4.93. The van der Waals surface area contributed by atoms with Crippen molar-refractivity contribution in [1.29, 1.82) is 0 Å². The minimum absolute atomic E-state index is 1.06. The van der Waals surface area contributed by atoms with Crippen molar-refractivity contribution >= 4 is 45.6 Å². The van der Waals surface area contributed by atoms with Gasteiger partial charge in [0.1, 0.15) is 5.01 Å². The van der Waals surface area contributed by atoms with Crippen LogP contribution in [0.5, 0.6) is 0 Å². The summed E-state index contributed by atoms with van der Waals surface area (Å²) in [5, 5.41) is 5.07. The Labute approximate surface area is 211 Å². The van der Waals surface area contributed by atoms with Crippen LogP contribution in [0.1, 0.15) is 0 Å². The van der Waals surface area contributed by atoms with Gasteiger partial charge in [-0.1, -0.05) is 116 Å². The molecule has 1 heterocycles. The van der Waals surface area contributed by atoms with Gasteiger partial charge < -0.3 is 0 Å². The fraction of sp³-hybridized carbons (Fsp3) is 0.0938. The summed E-state index contributed by atoms with van der Waals surface area (Å²) < 4.78 is 1.23. The Bertz CT molecular complexity index is 1640. The maximum Gasteiger partial charge on any atom is 0.125 e. The van der Waals surface area contributed by atoms with Crippen molar-refractivity contribution in [2.75, 3.05) is 0 Å². The molecule has 0 saturated carbocycles. The number of thiazole rings is 1. The monoisotopic (exact) mass is 485 g/mol. The second-order valence-corrected chi connectivity index (χ2v) is 16.2. The van der Waals surface area contributed by atoms with Gasteiger partial charge >= 0.3 is 0 Å². The fourth-order valence-corrected chi connectivity index (χ4v) is 6.93. The van der Waals surface area contributed by atoms with E-state index in [4.69, 9.17) is 4.98 Å². The van der Waals surface area contributed by atoms with E-state index in [9.17, 15) is 0 Å². The van der Waals surface area contributed by atoms with Gasteiger partial charge in [-0.25, -0.2) is 4.98 Å². The molecule has 0 bridgehead atoms. The lowest BCUT2D eigenvalue weighted by atomic mass is 9.93. The Kier molecular flexibility index (Phi) is 5.40. The zero-order chi connectivity index (χ0) is 24.0. The number of para-hydroxylation sites is 1. The van der Waals surface area contributed by atoms with Crippen LogP contribution < -0.4 is 5.19 Å². The first-order valence-corrected chi connectivity index (χ1v) is 16.4. The third-order valence-corrected chi connectivity index (χ3v) is 9.84. The number of aromatic nitrogens is 1. The number of hydrogen-bond acceptors (Lipinski definition) is 2. The maximum absolute atomic E-state index is 4.93. The highest BCUT2D eigenvalue weighted by Gasteiger charge is 2.16. The number of fused-ring (bicyclic) bond motifs is 2. The van der Waals surface area contributed by atoms with Crippen molar-refractivity contribution in [1.82, 2.24) is 4.98 Å². The first-order chi connectivity index (χ1) is 17.0. The molecule has 0 N–H and O–H groups in total. The maximum atomic E-state index is 4.93. The molecule has 5 aromatic carbocycles. The summed E-state index contributed by atoms with van der Waals surface area (Å²) in [5.41, 5.74) is 7.28. The van der Waals surface area contributed by atoms with Crippen molar-refractivity contribution < 1.29 is 0 Å². The Morgan fingerprint density at radius 3 is 1.97 bits per heavy atom. The predicted molar refractivity (Wildman–Crippen MR) is 156 cm³/mol. The van der Waals surface area contributed by atoms with Gasteiger partial charge in [0.05, 0.1) is 18.3 Å². The van der Waals surface area contributed by atoms with Crippen molar-refractivity contribution in [2.45, 2.75) is 19.6 Å². The molecule has 170 valence electrons. The van der Waals surface area contributed by atoms with E-state index in [2.05, 4.69) is 129 Å². The van der Waals surface area contributed by atoms with E-state index in [0.29, 0.717) is 0 Å². The smallest absolute Gasteiger partial charge is 0.125 e. The van der Waals surface area contributed by atoms with Gasteiger partial charge in [-0.3, -0.25) is 0 Å². The standard InChI is InChI=1S/C32H27NSSi/c1-35(2,3)25-17-15-22(16-18-25)23-9-8-10-24(21-23)26-19-20-29(28-12-5-4-11-27(26)28)32-33-30-13-6-7-14-31(30)34-32/h4-21H,1-3H3. The van der Waals surface area contributed by atoms with E-state index >= 15 is 0 Å². The zero-order valence-electron chi connectivity index (χ0n) is 20.2. The molecular formula is C32H27NSSi. The molecule has 0 aliphatic rings.